The van der Waals surface area contributed by atoms with Gasteiger partial charge in [-0.15, -0.1) is 0 Å². The molecule has 0 radical (unpaired) electrons. The first-order valence-corrected chi connectivity index (χ1v) is 30.3. The van der Waals surface area contributed by atoms with Gasteiger partial charge in [0.25, 0.3) is 0 Å². The van der Waals surface area contributed by atoms with Gasteiger partial charge in [-0.1, -0.05) is 20.3 Å². The summed E-state index contributed by atoms with van der Waals surface area (Å²) >= 11 is 0. The van der Waals surface area contributed by atoms with E-state index in [1.165, 1.54) is 13.8 Å². The summed E-state index contributed by atoms with van der Waals surface area (Å²) in [5.41, 5.74) is 49.9. The molecule has 0 aliphatic heterocycles. The summed E-state index contributed by atoms with van der Waals surface area (Å²) < 4.78 is 0. The Morgan fingerprint density at radius 1 is 0.344 bits per heavy atom. The third-order valence-corrected chi connectivity index (χ3v) is 13.8. The molecule has 528 valence electrons. The maximum atomic E-state index is 14.2. The molecule has 0 aliphatic carbocycles. The molecule has 9 amide bonds. The molecule has 0 aromatic rings. The van der Waals surface area contributed by atoms with Crippen LogP contribution in [-0.2, 0) is 62.3 Å². The molecule has 0 aliphatic rings. The number of hydrogen-bond acceptors (Lipinski definition) is 20. The molecular formula is C54H99N21O18. The average Bonchev–Trinajstić information content (AvgIpc) is 1.49. The molecule has 0 heterocycles. The summed E-state index contributed by atoms with van der Waals surface area (Å²) in [5.74, 6) is -17.3. The van der Waals surface area contributed by atoms with E-state index in [9.17, 15) is 87.9 Å². The van der Waals surface area contributed by atoms with Gasteiger partial charge in [-0.25, -0.2) is 4.79 Å². The van der Waals surface area contributed by atoms with Crippen LogP contribution in [0.2, 0.25) is 0 Å². The highest BCUT2D eigenvalue weighted by Crippen LogP contribution is 2.13. The van der Waals surface area contributed by atoms with Crippen LogP contribution in [-0.4, -0.2) is 220 Å². The predicted octanol–water partition coefficient (Wildman–Crippen LogP) is -8.19. The van der Waals surface area contributed by atoms with Gasteiger partial charge < -0.3 is 125 Å². The Hall–Kier alpha value is -9.24. The average molecular weight is 1330 g/mol. The third kappa shape index (κ3) is 37.0. The van der Waals surface area contributed by atoms with E-state index < -0.39 is 188 Å². The zero-order chi connectivity index (χ0) is 70.9. The molecular weight excluding hydrogens is 1230 g/mol. The van der Waals surface area contributed by atoms with Crippen molar-refractivity contribution in [1.82, 2.24) is 47.9 Å². The molecule has 39 heteroatoms. The predicted molar refractivity (Wildman–Crippen MR) is 336 cm³/mol. The van der Waals surface area contributed by atoms with Gasteiger partial charge in [0.2, 0.25) is 53.2 Å². The smallest absolute Gasteiger partial charge is 0.326 e. The monoisotopic (exact) mass is 1330 g/mol. The van der Waals surface area contributed by atoms with Gasteiger partial charge in [0.15, 0.2) is 17.9 Å². The number of aliphatic carboxylic acids is 4. The van der Waals surface area contributed by atoms with Crippen molar-refractivity contribution in [3.05, 3.63) is 0 Å². The fraction of sp³-hybridized carbons (Fsp3) is 0.704. The van der Waals surface area contributed by atoms with Crippen molar-refractivity contribution in [2.75, 3.05) is 32.7 Å². The molecule has 0 rings (SSSR count). The van der Waals surface area contributed by atoms with Crippen molar-refractivity contribution in [3.63, 3.8) is 0 Å². The number of unbranched alkanes of at least 4 members (excludes halogenated alkanes) is 2. The largest absolute Gasteiger partial charge is 0.481 e. The van der Waals surface area contributed by atoms with Crippen LogP contribution < -0.4 is 99.5 Å². The first kappa shape index (κ1) is 83.8. The quantitative estimate of drug-likeness (QED) is 0.0153. The van der Waals surface area contributed by atoms with Crippen molar-refractivity contribution >= 4 is 94.9 Å². The third-order valence-electron chi connectivity index (χ3n) is 13.8. The van der Waals surface area contributed by atoms with Crippen molar-refractivity contribution in [2.24, 2.45) is 72.5 Å². The fourth-order valence-corrected chi connectivity index (χ4v) is 8.66. The topological polar surface area (TPSA) is 703 Å². The second-order valence-corrected chi connectivity index (χ2v) is 22.0. The molecule has 0 saturated carbocycles. The van der Waals surface area contributed by atoms with Gasteiger partial charge in [-0.05, 0) is 116 Å². The van der Waals surface area contributed by atoms with Crippen LogP contribution in [0.4, 0.5) is 0 Å². The van der Waals surface area contributed by atoms with Gasteiger partial charge in [0, 0.05) is 38.9 Å². The van der Waals surface area contributed by atoms with Crippen LogP contribution in [0.3, 0.4) is 0 Å². The Bertz CT molecular complexity index is 2560. The molecule has 93 heavy (non-hydrogen) atoms. The standard InChI is InChI=1S/C54H99N21O18/c1-27(2)40(49(90)72-34(17-20-38(79)80)46(87)69-32(15-10-26-66-54(62)63)44(85)70-33(16-19-37(77)78)47(88)73-36(51(92)93)12-5-7-23-56)74-50(91)41(28(3)76)75-48(89)35(18-21-39(81)82)71-45(86)31(14-9-25-65-53(60)61)68-43(84)30(13-8-24-64-52(58)59)67-42(83)29(57)11-4-6-22-55/h27-36,40-41,76H,4-26,55-57H2,1-3H3,(H,67,83)(H,68,84)(H,69,87)(H,70,85)(H,71,86)(H,72,90)(H,73,88)(H,74,91)(H,75,89)(H,77,78)(H,79,80)(H,81,82)(H,92,93)(H4,58,59,64)(H4,60,61,65)(H4,62,63,66)/t28-,29+,30+,31+,32+,33+,34+,35+,36+,40+,41+/m1/s1. The lowest BCUT2D eigenvalue weighted by atomic mass is 10.0. The van der Waals surface area contributed by atoms with E-state index in [-0.39, 0.29) is 102 Å². The summed E-state index contributed by atoms with van der Waals surface area (Å²) in [6.07, 6.45) is -4.57. The van der Waals surface area contributed by atoms with Gasteiger partial charge >= 0.3 is 23.9 Å². The van der Waals surface area contributed by atoms with Crippen molar-refractivity contribution in [1.29, 1.82) is 0 Å². The van der Waals surface area contributed by atoms with Crippen LogP contribution in [0.25, 0.3) is 0 Å². The molecule has 0 aromatic heterocycles. The van der Waals surface area contributed by atoms with Gasteiger partial charge in [-0.2, -0.15) is 0 Å². The minimum absolute atomic E-state index is 0.0183. The number of carboxylic acids is 4. The number of nitrogens with zero attached hydrogens (tertiary/aromatic N) is 3. The molecule has 0 spiro atoms. The molecule has 0 unspecified atom stereocenters. The lowest BCUT2D eigenvalue weighted by molar-refractivity contribution is -0.143. The number of carbonyl (C=O) groups excluding carboxylic acids is 9. The Morgan fingerprint density at radius 2 is 0.613 bits per heavy atom. The number of aliphatic imine (C=N–C) groups is 3. The molecule has 0 bridgehead atoms. The number of nitrogens with two attached hydrogens (primary N) is 9. The van der Waals surface area contributed by atoms with E-state index in [4.69, 9.17) is 51.6 Å². The van der Waals surface area contributed by atoms with Gasteiger partial charge in [0.1, 0.15) is 54.4 Å². The van der Waals surface area contributed by atoms with Crippen LogP contribution in [0, 0.1) is 5.92 Å². The second kappa shape index (κ2) is 45.9. The highest BCUT2D eigenvalue weighted by atomic mass is 16.4. The molecule has 32 N–H and O–H groups in total. The minimum atomic E-state index is -1.99. The number of aliphatic hydroxyl groups excluding tert-OH is 1. The van der Waals surface area contributed by atoms with Gasteiger partial charge in [0.05, 0.1) is 12.1 Å². The molecule has 11 atom stereocenters. The number of guanidine groups is 3. The van der Waals surface area contributed by atoms with Crippen LogP contribution in [0.1, 0.15) is 136 Å². The number of rotatable bonds is 50. The highest BCUT2D eigenvalue weighted by molar-refractivity contribution is 5.99. The van der Waals surface area contributed by atoms with E-state index in [1.807, 2.05) is 0 Å². The fourth-order valence-electron chi connectivity index (χ4n) is 8.66. The SMILES string of the molecule is CC(C)[C@H](NC(=O)[C@@H](NC(=O)[C@H](CCC(=O)O)NC(=O)[C@H](CCCN=C(N)N)NC(=O)[C@H](CCCN=C(N)N)NC(=O)[C@@H](N)CCCCN)[C@@H](C)O)C(=O)N[C@@H](CCC(=O)O)C(=O)N[C@@H](CCCN=C(N)N)C(=O)N[C@@H](CCC(=O)O)C(=O)N[C@@H](CCCCN)C(=O)O. The van der Waals surface area contributed by atoms with Gasteiger partial charge in [-0.3, -0.25) is 72.5 Å². The maximum absolute atomic E-state index is 14.2. The Morgan fingerprint density at radius 3 is 0.914 bits per heavy atom. The normalized spacial score (nSPS) is 14.5. The van der Waals surface area contributed by atoms with E-state index >= 15 is 0 Å². The van der Waals surface area contributed by atoms with Crippen LogP contribution in [0.5, 0.6) is 0 Å². The number of aliphatic hydroxyl groups is 1. The Kier molecular flexibility index (Phi) is 41.4. The molecule has 0 fully saturated rings. The second-order valence-electron chi connectivity index (χ2n) is 22.0. The summed E-state index contributed by atoms with van der Waals surface area (Å²) in [7, 11) is 0. The maximum Gasteiger partial charge on any atom is 0.326 e. The van der Waals surface area contributed by atoms with Crippen molar-refractivity contribution in [3.8, 4) is 0 Å². The van der Waals surface area contributed by atoms with E-state index in [1.54, 1.807) is 0 Å². The van der Waals surface area contributed by atoms with E-state index in [0.29, 0.717) is 25.8 Å². The summed E-state index contributed by atoms with van der Waals surface area (Å²) in [6.45, 7) is 4.29. The zero-order valence-electron chi connectivity index (χ0n) is 52.8. The molecule has 0 saturated heterocycles. The van der Waals surface area contributed by atoms with Crippen LogP contribution >= 0.6 is 0 Å². The summed E-state index contributed by atoms with van der Waals surface area (Å²) in [5, 5.41) is 70.9. The van der Waals surface area contributed by atoms with Crippen molar-refractivity contribution in [2.45, 2.75) is 203 Å². The summed E-state index contributed by atoms with van der Waals surface area (Å²) in [4.78, 5) is 185. The Labute approximate surface area is 537 Å². The van der Waals surface area contributed by atoms with E-state index in [2.05, 4.69) is 62.8 Å². The molecule has 0 aromatic carbocycles. The van der Waals surface area contributed by atoms with Crippen molar-refractivity contribution < 1.29 is 87.9 Å². The first-order chi connectivity index (χ1) is 43.6. The number of carboxylic acid groups (broad SMARTS) is 4. The number of carbonyl (C=O) groups is 13. The van der Waals surface area contributed by atoms with Crippen LogP contribution in [0.15, 0.2) is 15.0 Å². The summed E-state index contributed by atoms with van der Waals surface area (Å²) in [6, 6.07) is -16.1. The lowest BCUT2D eigenvalue weighted by Gasteiger charge is -2.30. The first-order valence-electron chi connectivity index (χ1n) is 30.3. The molecule has 39 nitrogen and oxygen atoms in total. The number of amides is 9. The highest BCUT2D eigenvalue weighted by Gasteiger charge is 2.38. The van der Waals surface area contributed by atoms with E-state index in [0.717, 1.165) is 6.92 Å². The zero-order valence-corrected chi connectivity index (χ0v) is 52.8. The Balaban J connectivity index is 7.12. The number of nitrogens with one attached hydrogen (secondary N) is 9. The minimum Gasteiger partial charge on any atom is -0.481 e. The lowest BCUT2D eigenvalue weighted by Crippen LogP contribution is -2.62. The number of hydrogen-bond donors (Lipinski definition) is 23.